The average molecular weight is 473 g/mol. The maximum Gasteiger partial charge on any atom is 0.417 e. The van der Waals surface area contributed by atoms with Gasteiger partial charge in [-0.25, -0.2) is 9.78 Å². The summed E-state index contributed by atoms with van der Waals surface area (Å²) in [5.74, 6) is 0.904. The number of pyridine rings is 1. The Labute approximate surface area is 189 Å². The molecule has 1 aromatic carbocycles. The molecule has 0 radical (unpaired) electrons. The molecule has 3 rings (SSSR count). The predicted octanol–water partition coefficient (Wildman–Crippen LogP) is 4.52. The number of piperazine rings is 1. The number of alkyl halides is 3. The van der Waals surface area contributed by atoms with Crippen LogP contribution in [0.4, 0.5) is 29.5 Å². The first-order valence-electron chi connectivity index (χ1n) is 10.1. The molecule has 0 atom stereocenters. The normalized spacial score (nSPS) is 14.8. The minimum absolute atomic E-state index is 0.0272. The zero-order chi connectivity index (χ0) is 23.1. The number of para-hydroxylation sites is 2. The summed E-state index contributed by atoms with van der Waals surface area (Å²) in [6.45, 7) is 5.43. The van der Waals surface area contributed by atoms with E-state index in [1.54, 1.807) is 18.2 Å². The molecule has 0 spiro atoms. The van der Waals surface area contributed by atoms with Crippen LogP contribution in [0.5, 0.6) is 5.75 Å². The van der Waals surface area contributed by atoms with Crippen molar-refractivity contribution >= 4 is 29.2 Å². The number of carbonyl (C=O) groups excluding carboxylic acids is 1. The number of nitrogens with one attached hydrogen (secondary N) is 1. The lowest BCUT2D eigenvalue weighted by atomic mass is 10.2. The molecule has 1 aliphatic heterocycles. The number of carbonyl (C=O) groups is 1. The first kappa shape index (κ1) is 23.9. The van der Waals surface area contributed by atoms with Crippen LogP contribution in [0.25, 0.3) is 0 Å². The van der Waals surface area contributed by atoms with Gasteiger partial charge in [0.05, 0.1) is 22.9 Å². The molecule has 2 aromatic rings. The van der Waals surface area contributed by atoms with Crippen LogP contribution in [0.2, 0.25) is 5.02 Å². The van der Waals surface area contributed by atoms with Crippen molar-refractivity contribution in [2.24, 2.45) is 0 Å². The number of hydrogen-bond donors (Lipinski definition) is 1. The highest BCUT2D eigenvalue weighted by molar-refractivity contribution is 6.33. The lowest BCUT2D eigenvalue weighted by Gasteiger charge is -2.35. The van der Waals surface area contributed by atoms with Crippen LogP contribution >= 0.6 is 11.6 Å². The van der Waals surface area contributed by atoms with Gasteiger partial charge in [-0.15, -0.1) is 0 Å². The van der Waals surface area contributed by atoms with Crippen LogP contribution in [0.1, 0.15) is 12.5 Å². The third-order valence-corrected chi connectivity index (χ3v) is 5.16. The molecule has 1 N–H and O–H groups in total. The Hall–Kier alpha value is -2.72. The Bertz CT molecular complexity index is 921. The summed E-state index contributed by atoms with van der Waals surface area (Å²) < 4.78 is 49.1. The van der Waals surface area contributed by atoms with Gasteiger partial charge in [0.15, 0.2) is 0 Å². The third-order valence-electron chi connectivity index (χ3n) is 4.89. The molecular weight excluding hydrogens is 449 g/mol. The summed E-state index contributed by atoms with van der Waals surface area (Å²) in [5.41, 5.74) is -0.335. The number of aromatic nitrogens is 1. The summed E-state index contributed by atoms with van der Waals surface area (Å²) in [4.78, 5) is 19.9. The lowest BCUT2D eigenvalue weighted by Crippen LogP contribution is -2.47. The van der Waals surface area contributed by atoms with Crippen LogP contribution in [-0.4, -0.2) is 61.9 Å². The number of nitrogens with zero attached hydrogens (tertiary/aromatic N) is 3. The van der Waals surface area contributed by atoms with Crippen LogP contribution in [0.3, 0.4) is 0 Å². The number of ether oxygens (including phenoxy) is 2. The van der Waals surface area contributed by atoms with E-state index in [0.717, 1.165) is 12.3 Å². The molecule has 2 heterocycles. The summed E-state index contributed by atoms with van der Waals surface area (Å²) >= 11 is 6.03. The zero-order valence-electron chi connectivity index (χ0n) is 17.5. The summed E-state index contributed by atoms with van der Waals surface area (Å²) in [7, 11) is 0. The van der Waals surface area contributed by atoms with E-state index in [-0.39, 0.29) is 11.6 Å². The Morgan fingerprint density at radius 1 is 1.22 bits per heavy atom. The van der Waals surface area contributed by atoms with Gasteiger partial charge < -0.3 is 14.4 Å². The highest BCUT2D eigenvalue weighted by atomic mass is 35.5. The van der Waals surface area contributed by atoms with Crippen molar-refractivity contribution in [2.75, 3.05) is 56.2 Å². The Morgan fingerprint density at radius 2 is 1.94 bits per heavy atom. The molecule has 11 heteroatoms. The average Bonchev–Trinajstić information content (AvgIpc) is 2.75. The van der Waals surface area contributed by atoms with Gasteiger partial charge in [0, 0.05) is 38.9 Å². The fraction of sp³-hybridized carbons (Fsp3) is 0.429. The molecule has 1 amide bonds. The molecule has 174 valence electrons. The number of rotatable bonds is 7. The second-order valence-electron chi connectivity index (χ2n) is 7.05. The highest BCUT2D eigenvalue weighted by Crippen LogP contribution is 2.33. The Kier molecular flexibility index (Phi) is 8.03. The van der Waals surface area contributed by atoms with Gasteiger partial charge in [0.2, 0.25) is 0 Å². The SMILES string of the molecule is CCOc1ccccc1NC(=O)OCCN1CCN(c2ncc(C(F)(F)F)cc2Cl)CC1. The van der Waals surface area contributed by atoms with Crippen molar-refractivity contribution in [2.45, 2.75) is 13.1 Å². The molecule has 1 aliphatic rings. The van der Waals surface area contributed by atoms with E-state index in [9.17, 15) is 18.0 Å². The van der Waals surface area contributed by atoms with Gasteiger partial charge in [-0.05, 0) is 25.1 Å². The Morgan fingerprint density at radius 3 is 2.59 bits per heavy atom. The highest BCUT2D eigenvalue weighted by Gasteiger charge is 2.32. The summed E-state index contributed by atoms with van der Waals surface area (Å²) in [5, 5.41) is 2.64. The van der Waals surface area contributed by atoms with E-state index in [2.05, 4.69) is 15.2 Å². The van der Waals surface area contributed by atoms with Gasteiger partial charge in [-0.3, -0.25) is 10.2 Å². The number of anilines is 2. The fourth-order valence-electron chi connectivity index (χ4n) is 3.27. The summed E-state index contributed by atoms with van der Waals surface area (Å²) in [6, 6.07) is 7.98. The third kappa shape index (κ3) is 6.39. The maximum absolute atomic E-state index is 12.8. The number of hydrogen-bond acceptors (Lipinski definition) is 6. The van der Waals surface area contributed by atoms with Crippen LogP contribution in [0, 0.1) is 0 Å². The van der Waals surface area contributed by atoms with Gasteiger partial charge in [-0.2, -0.15) is 13.2 Å². The van der Waals surface area contributed by atoms with Crippen LogP contribution < -0.4 is 15.0 Å². The van der Waals surface area contributed by atoms with Crippen molar-refractivity contribution < 1.29 is 27.4 Å². The Balaban J connectivity index is 1.43. The fourth-order valence-corrected chi connectivity index (χ4v) is 3.55. The second kappa shape index (κ2) is 10.7. The molecule has 0 unspecified atom stereocenters. The first-order valence-corrected chi connectivity index (χ1v) is 10.5. The molecule has 1 aromatic heterocycles. The van der Waals surface area contributed by atoms with Gasteiger partial charge in [-0.1, -0.05) is 23.7 Å². The minimum Gasteiger partial charge on any atom is -0.492 e. The molecule has 32 heavy (non-hydrogen) atoms. The minimum atomic E-state index is -4.48. The zero-order valence-corrected chi connectivity index (χ0v) is 18.2. The molecule has 1 fully saturated rings. The smallest absolute Gasteiger partial charge is 0.417 e. The lowest BCUT2D eigenvalue weighted by molar-refractivity contribution is -0.137. The van der Waals surface area contributed by atoms with E-state index >= 15 is 0 Å². The van der Waals surface area contributed by atoms with E-state index in [4.69, 9.17) is 21.1 Å². The monoisotopic (exact) mass is 472 g/mol. The quantitative estimate of drug-likeness (QED) is 0.639. The summed E-state index contributed by atoms with van der Waals surface area (Å²) in [6.07, 6.45) is -4.26. The predicted molar refractivity (Wildman–Crippen MR) is 115 cm³/mol. The molecule has 1 saturated heterocycles. The van der Waals surface area contributed by atoms with E-state index < -0.39 is 17.8 Å². The van der Waals surface area contributed by atoms with Crippen molar-refractivity contribution in [3.63, 3.8) is 0 Å². The van der Waals surface area contributed by atoms with Crippen LogP contribution in [-0.2, 0) is 10.9 Å². The molecular formula is C21H24ClF3N4O3. The van der Waals surface area contributed by atoms with Crippen molar-refractivity contribution in [1.29, 1.82) is 0 Å². The molecule has 0 bridgehead atoms. The topological polar surface area (TPSA) is 66.9 Å². The van der Waals surface area contributed by atoms with Crippen LogP contribution in [0.15, 0.2) is 36.5 Å². The molecule has 7 nitrogen and oxygen atoms in total. The second-order valence-corrected chi connectivity index (χ2v) is 7.45. The molecule has 0 saturated carbocycles. The van der Waals surface area contributed by atoms with E-state index in [1.165, 1.54) is 0 Å². The number of halogens is 4. The van der Waals surface area contributed by atoms with Gasteiger partial charge >= 0.3 is 12.3 Å². The number of amides is 1. The van der Waals surface area contributed by atoms with Gasteiger partial charge in [0.25, 0.3) is 0 Å². The van der Waals surface area contributed by atoms with Gasteiger partial charge in [0.1, 0.15) is 18.2 Å². The van der Waals surface area contributed by atoms with E-state index in [1.807, 2.05) is 17.9 Å². The van der Waals surface area contributed by atoms with E-state index in [0.29, 0.717) is 56.6 Å². The van der Waals surface area contributed by atoms with Crippen molar-refractivity contribution in [1.82, 2.24) is 9.88 Å². The van der Waals surface area contributed by atoms with Crippen molar-refractivity contribution in [3.05, 3.63) is 47.1 Å². The first-order chi connectivity index (χ1) is 15.3. The largest absolute Gasteiger partial charge is 0.492 e. The standard InChI is InChI=1S/C21H24ClF3N4O3/c1-2-31-18-6-4-3-5-17(18)27-20(30)32-12-11-28-7-9-29(10-8-28)19-16(22)13-15(14-26-19)21(23,24)25/h3-6,13-14H,2,7-12H2,1H3,(H,27,30). The number of benzene rings is 1. The maximum atomic E-state index is 12.8. The molecule has 0 aliphatic carbocycles. The van der Waals surface area contributed by atoms with Crippen molar-refractivity contribution in [3.8, 4) is 5.75 Å².